The molecule has 1 saturated heterocycles. The minimum atomic E-state index is -0.294. The molecule has 1 aromatic heterocycles. The van der Waals surface area contributed by atoms with Crippen LogP contribution in [0.1, 0.15) is 19.8 Å². The monoisotopic (exact) mass is 284 g/mol. The lowest BCUT2D eigenvalue weighted by Gasteiger charge is -2.25. The summed E-state index contributed by atoms with van der Waals surface area (Å²) in [7, 11) is 0. The molecule has 2 heterocycles. The Bertz CT molecular complexity index is 615. The standard InChI is InChI=1S/C16H20N4O/c1-2-16(8-10-17-12-16)15(21)19-13-6-3-4-7-14(13)20-11-5-9-18-20/h3-7,9,11,17H,2,8,10,12H2,1H3,(H,19,21). The number of aromatic nitrogens is 2. The summed E-state index contributed by atoms with van der Waals surface area (Å²) in [4.78, 5) is 12.7. The highest BCUT2D eigenvalue weighted by Crippen LogP contribution is 2.31. The third kappa shape index (κ3) is 2.56. The molecule has 1 aliphatic heterocycles. The lowest BCUT2D eigenvalue weighted by atomic mass is 9.83. The van der Waals surface area contributed by atoms with E-state index in [-0.39, 0.29) is 11.3 Å². The Balaban J connectivity index is 1.87. The first-order chi connectivity index (χ1) is 10.2. The molecule has 2 N–H and O–H groups in total. The molecule has 2 aromatic rings. The van der Waals surface area contributed by atoms with E-state index in [1.54, 1.807) is 10.9 Å². The van der Waals surface area contributed by atoms with Crippen molar-refractivity contribution in [2.45, 2.75) is 19.8 Å². The number of nitrogens with zero attached hydrogens (tertiary/aromatic N) is 2. The second-order valence-corrected chi connectivity index (χ2v) is 5.48. The number of hydrogen-bond acceptors (Lipinski definition) is 3. The molecule has 21 heavy (non-hydrogen) atoms. The highest BCUT2D eigenvalue weighted by molar-refractivity contribution is 5.97. The van der Waals surface area contributed by atoms with E-state index in [0.29, 0.717) is 0 Å². The summed E-state index contributed by atoms with van der Waals surface area (Å²) in [5, 5.41) is 10.6. The molecule has 3 rings (SSSR count). The molecule has 1 aromatic carbocycles. The second kappa shape index (κ2) is 5.69. The van der Waals surface area contributed by atoms with E-state index >= 15 is 0 Å². The van der Waals surface area contributed by atoms with Crippen molar-refractivity contribution in [3.05, 3.63) is 42.7 Å². The molecule has 1 fully saturated rings. The molecule has 5 heteroatoms. The number of anilines is 1. The second-order valence-electron chi connectivity index (χ2n) is 5.48. The van der Waals surface area contributed by atoms with E-state index in [1.165, 1.54) is 0 Å². The van der Waals surface area contributed by atoms with E-state index in [9.17, 15) is 4.79 Å². The van der Waals surface area contributed by atoms with Crippen LogP contribution in [0.25, 0.3) is 5.69 Å². The van der Waals surface area contributed by atoms with Crippen molar-refractivity contribution >= 4 is 11.6 Å². The smallest absolute Gasteiger partial charge is 0.231 e. The van der Waals surface area contributed by atoms with E-state index in [0.717, 1.165) is 37.3 Å². The van der Waals surface area contributed by atoms with Crippen molar-refractivity contribution in [3.8, 4) is 5.69 Å². The van der Waals surface area contributed by atoms with Crippen LogP contribution in [0.4, 0.5) is 5.69 Å². The minimum absolute atomic E-state index is 0.0922. The van der Waals surface area contributed by atoms with Gasteiger partial charge in [-0.2, -0.15) is 5.10 Å². The Kier molecular flexibility index (Phi) is 3.75. The summed E-state index contributed by atoms with van der Waals surface area (Å²) in [5.74, 6) is 0.0922. The SMILES string of the molecule is CCC1(C(=O)Nc2ccccc2-n2cccn2)CCNC1. The zero-order chi connectivity index (χ0) is 14.7. The van der Waals surface area contributed by atoms with E-state index in [2.05, 4.69) is 22.7 Å². The van der Waals surface area contributed by atoms with Gasteiger partial charge in [0.15, 0.2) is 0 Å². The molecule has 0 spiro atoms. The molecule has 1 aliphatic rings. The Labute approximate surface area is 124 Å². The molecule has 0 radical (unpaired) electrons. The Morgan fingerprint density at radius 3 is 2.95 bits per heavy atom. The van der Waals surface area contributed by atoms with Crippen molar-refractivity contribution in [3.63, 3.8) is 0 Å². The molecule has 0 aliphatic carbocycles. The maximum absolute atomic E-state index is 12.7. The molecular formula is C16H20N4O. The number of para-hydroxylation sites is 2. The van der Waals surface area contributed by atoms with Crippen molar-refractivity contribution < 1.29 is 4.79 Å². The summed E-state index contributed by atoms with van der Waals surface area (Å²) in [6.07, 6.45) is 5.33. The highest BCUT2D eigenvalue weighted by atomic mass is 16.2. The number of amides is 1. The summed E-state index contributed by atoms with van der Waals surface area (Å²) in [5.41, 5.74) is 1.39. The molecule has 0 saturated carbocycles. The van der Waals surface area contributed by atoms with Crippen molar-refractivity contribution in [2.24, 2.45) is 5.41 Å². The summed E-state index contributed by atoms with van der Waals surface area (Å²) in [6, 6.07) is 9.61. The predicted molar refractivity (Wildman–Crippen MR) is 82.4 cm³/mol. The fraction of sp³-hybridized carbons (Fsp3) is 0.375. The van der Waals surface area contributed by atoms with Crippen LogP contribution in [0.5, 0.6) is 0 Å². The quantitative estimate of drug-likeness (QED) is 0.905. The zero-order valence-electron chi connectivity index (χ0n) is 12.2. The maximum atomic E-state index is 12.7. The van der Waals surface area contributed by atoms with Gasteiger partial charge < -0.3 is 10.6 Å². The normalized spacial score (nSPS) is 21.4. The van der Waals surface area contributed by atoms with Crippen LogP contribution in [0, 0.1) is 5.41 Å². The van der Waals surface area contributed by atoms with Gasteiger partial charge in [0.25, 0.3) is 0 Å². The van der Waals surface area contributed by atoms with Gasteiger partial charge in [-0.1, -0.05) is 19.1 Å². The fourth-order valence-electron chi connectivity index (χ4n) is 2.85. The molecule has 0 bridgehead atoms. The van der Waals surface area contributed by atoms with Crippen molar-refractivity contribution in [1.29, 1.82) is 0 Å². The molecule has 1 unspecified atom stereocenters. The van der Waals surface area contributed by atoms with Crippen LogP contribution in [0.3, 0.4) is 0 Å². The van der Waals surface area contributed by atoms with Gasteiger partial charge >= 0.3 is 0 Å². The van der Waals surface area contributed by atoms with Crippen LogP contribution >= 0.6 is 0 Å². The van der Waals surface area contributed by atoms with Crippen molar-refractivity contribution in [2.75, 3.05) is 18.4 Å². The first kappa shape index (κ1) is 13.8. The van der Waals surface area contributed by atoms with Gasteiger partial charge in [-0.05, 0) is 37.6 Å². The average Bonchev–Trinajstić information content (AvgIpc) is 3.20. The van der Waals surface area contributed by atoms with Crippen LogP contribution in [0.2, 0.25) is 0 Å². The summed E-state index contributed by atoms with van der Waals surface area (Å²) < 4.78 is 1.77. The minimum Gasteiger partial charge on any atom is -0.324 e. The largest absolute Gasteiger partial charge is 0.324 e. The Morgan fingerprint density at radius 2 is 2.29 bits per heavy atom. The van der Waals surface area contributed by atoms with Gasteiger partial charge in [-0.3, -0.25) is 4.79 Å². The highest BCUT2D eigenvalue weighted by Gasteiger charge is 2.39. The Hall–Kier alpha value is -2.14. The van der Waals surface area contributed by atoms with Gasteiger partial charge in [0.2, 0.25) is 5.91 Å². The van der Waals surface area contributed by atoms with Gasteiger partial charge in [-0.15, -0.1) is 0 Å². The van der Waals surface area contributed by atoms with E-state index in [1.807, 2.05) is 36.5 Å². The topological polar surface area (TPSA) is 59.0 Å². The van der Waals surface area contributed by atoms with Crippen LogP contribution in [0.15, 0.2) is 42.7 Å². The fourth-order valence-corrected chi connectivity index (χ4v) is 2.85. The number of benzene rings is 1. The summed E-state index contributed by atoms with van der Waals surface area (Å²) in [6.45, 7) is 3.73. The summed E-state index contributed by atoms with van der Waals surface area (Å²) >= 11 is 0. The van der Waals surface area contributed by atoms with Gasteiger partial charge in [-0.25, -0.2) is 4.68 Å². The van der Waals surface area contributed by atoms with Crippen LogP contribution < -0.4 is 10.6 Å². The average molecular weight is 284 g/mol. The first-order valence-corrected chi connectivity index (χ1v) is 7.36. The lowest BCUT2D eigenvalue weighted by molar-refractivity contribution is -0.124. The number of carbonyl (C=O) groups excluding carboxylic acids is 1. The number of carbonyl (C=O) groups is 1. The number of nitrogens with one attached hydrogen (secondary N) is 2. The van der Waals surface area contributed by atoms with Gasteiger partial charge in [0.1, 0.15) is 0 Å². The van der Waals surface area contributed by atoms with E-state index < -0.39 is 0 Å². The van der Waals surface area contributed by atoms with Gasteiger partial charge in [0.05, 0.1) is 16.8 Å². The maximum Gasteiger partial charge on any atom is 0.231 e. The third-order valence-corrected chi connectivity index (χ3v) is 4.31. The molecule has 110 valence electrons. The lowest BCUT2D eigenvalue weighted by Crippen LogP contribution is -2.37. The van der Waals surface area contributed by atoms with Crippen LogP contribution in [-0.4, -0.2) is 28.8 Å². The molecular weight excluding hydrogens is 264 g/mol. The van der Waals surface area contributed by atoms with Crippen molar-refractivity contribution in [1.82, 2.24) is 15.1 Å². The zero-order valence-corrected chi connectivity index (χ0v) is 12.2. The number of hydrogen-bond donors (Lipinski definition) is 2. The number of rotatable bonds is 4. The predicted octanol–water partition coefficient (Wildman–Crippen LogP) is 2.20. The Morgan fingerprint density at radius 1 is 1.43 bits per heavy atom. The van der Waals surface area contributed by atoms with Gasteiger partial charge in [0, 0.05) is 18.9 Å². The first-order valence-electron chi connectivity index (χ1n) is 7.36. The molecule has 5 nitrogen and oxygen atoms in total. The molecule has 1 atom stereocenters. The third-order valence-electron chi connectivity index (χ3n) is 4.31. The van der Waals surface area contributed by atoms with E-state index in [4.69, 9.17) is 0 Å². The van der Waals surface area contributed by atoms with Crippen LogP contribution in [-0.2, 0) is 4.79 Å². The molecule has 1 amide bonds.